The maximum atomic E-state index is 14.0. The summed E-state index contributed by atoms with van der Waals surface area (Å²) in [4.78, 5) is 13.9. The van der Waals surface area contributed by atoms with Gasteiger partial charge in [-0.25, -0.2) is 8.78 Å². The van der Waals surface area contributed by atoms with Crippen molar-refractivity contribution in [3.8, 4) is 5.75 Å². The van der Waals surface area contributed by atoms with Crippen LogP contribution in [-0.4, -0.2) is 11.1 Å². The summed E-state index contributed by atoms with van der Waals surface area (Å²) in [5.41, 5.74) is 12.7. The summed E-state index contributed by atoms with van der Waals surface area (Å²) in [5.74, 6) is -0.850. The lowest BCUT2D eigenvalue weighted by Gasteiger charge is -2.30. The molecule has 0 spiro atoms. The molecule has 1 aromatic heterocycles. The van der Waals surface area contributed by atoms with E-state index in [-0.39, 0.29) is 22.7 Å². The van der Waals surface area contributed by atoms with Crippen LogP contribution in [0.3, 0.4) is 0 Å². The third-order valence-electron chi connectivity index (χ3n) is 4.51. The fourth-order valence-electron chi connectivity index (χ4n) is 3.23. The van der Waals surface area contributed by atoms with Gasteiger partial charge in [0.05, 0.1) is 11.3 Å². The molecule has 0 saturated carbocycles. The second-order valence-corrected chi connectivity index (χ2v) is 6.72. The van der Waals surface area contributed by atoms with Crippen LogP contribution in [0.5, 0.6) is 5.75 Å². The number of allylic oxidation sites excluding steroid dienone is 2. The Morgan fingerprint density at radius 1 is 1.30 bits per heavy atom. The third kappa shape index (κ3) is 4.19. The molecule has 1 aromatic carbocycles. The Labute approximate surface area is 155 Å². The molecule has 142 valence electrons. The maximum Gasteiger partial charge on any atom is 0.251 e. The van der Waals surface area contributed by atoms with Crippen molar-refractivity contribution in [1.29, 1.82) is 0 Å². The van der Waals surface area contributed by atoms with Crippen LogP contribution in [0.15, 0.2) is 58.7 Å². The molecule has 0 fully saturated rings. The van der Waals surface area contributed by atoms with Gasteiger partial charge in [0, 0.05) is 18.0 Å². The van der Waals surface area contributed by atoms with Gasteiger partial charge in [0.2, 0.25) is 0 Å². The molecule has 0 amide bonds. The molecule has 27 heavy (non-hydrogen) atoms. The number of H-pyrrole nitrogens is 1. The van der Waals surface area contributed by atoms with E-state index in [9.17, 15) is 13.6 Å². The Morgan fingerprint density at radius 3 is 2.67 bits per heavy atom. The van der Waals surface area contributed by atoms with Crippen LogP contribution in [0.25, 0.3) is 5.70 Å². The van der Waals surface area contributed by atoms with Gasteiger partial charge in [-0.1, -0.05) is 13.0 Å². The summed E-state index contributed by atoms with van der Waals surface area (Å²) in [6.45, 7) is 2.02. The largest absolute Gasteiger partial charge is 0.484 e. The van der Waals surface area contributed by atoms with E-state index in [1.807, 2.05) is 6.92 Å². The first-order chi connectivity index (χ1) is 12.8. The first-order valence-corrected chi connectivity index (χ1v) is 8.60. The number of halogens is 2. The van der Waals surface area contributed by atoms with Gasteiger partial charge in [0.15, 0.2) is 0 Å². The van der Waals surface area contributed by atoms with E-state index in [0.29, 0.717) is 29.9 Å². The van der Waals surface area contributed by atoms with E-state index in [1.165, 1.54) is 24.4 Å². The lowest BCUT2D eigenvalue weighted by Crippen LogP contribution is -2.32. The Hall–Kier alpha value is -3.09. The van der Waals surface area contributed by atoms with Gasteiger partial charge in [-0.15, -0.1) is 0 Å². The highest BCUT2D eigenvalue weighted by Crippen LogP contribution is 2.32. The number of nitrogens with two attached hydrogens (primary N) is 2. The Balaban J connectivity index is 1.94. The van der Waals surface area contributed by atoms with E-state index in [1.54, 1.807) is 6.07 Å². The number of pyridine rings is 1. The molecule has 0 radical (unpaired) electrons. The number of aromatic nitrogens is 1. The summed E-state index contributed by atoms with van der Waals surface area (Å²) in [6, 6.07) is 6.55. The number of ether oxygens (including phenoxy) is 1. The van der Waals surface area contributed by atoms with E-state index < -0.39 is 17.7 Å². The Bertz CT molecular complexity index is 945. The van der Waals surface area contributed by atoms with Gasteiger partial charge in [-0.05, 0) is 48.6 Å². The summed E-state index contributed by atoms with van der Waals surface area (Å²) in [5, 5.41) is 0. The van der Waals surface area contributed by atoms with E-state index in [0.717, 1.165) is 12.1 Å². The minimum atomic E-state index is -0.733. The lowest BCUT2D eigenvalue weighted by molar-refractivity contribution is 0.190. The monoisotopic (exact) mass is 373 g/mol. The standard InChI is InChI=1S/C20H21F2N3O2/c1-11-7-12(9-16(23)19-14(21)3-2-4-15(19)22)20(24)17(8-11)27-13-5-6-25-18(26)10-13/h2-6,9-11,17H,7-8,23-24H2,1H3,(H,25,26)/b16-9-. The molecule has 2 aromatic rings. The zero-order chi connectivity index (χ0) is 19.6. The Morgan fingerprint density at radius 2 is 2.00 bits per heavy atom. The number of benzene rings is 1. The molecule has 5 N–H and O–H groups in total. The number of nitrogens with one attached hydrogen (secondary N) is 1. The summed E-state index contributed by atoms with van der Waals surface area (Å²) < 4.78 is 33.8. The van der Waals surface area contributed by atoms with Crippen LogP contribution in [-0.2, 0) is 0 Å². The van der Waals surface area contributed by atoms with Crippen molar-refractivity contribution in [2.75, 3.05) is 0 Å². The molecule has 1 heterocycles. The zero-order valence-corrected chi connectivity index (χ0v) is 14.8. The molecular formula is C20H21F2N3O2. The van der Waals surface area contributed by atoms with E-state index in [2.05, 4.69) is 4.98 Å². The molecule has 7 heteroatoms. The maximum absolute atomic E-state index is 14.0. The summed E-state index contributed by atoms with van der Waals surface area (Å²) in [7, 11) is 0. The highest BCUT2D eigenvalue weighted by Gasteiger charge is 2.27. The molecule has 5 nitrogen and oxygen atoms in total. The van der Waals surface area contributed by atoms with Crippen LogP contribution in [0.4, 0.5) is 8.78 Å². The fraction of sp³-hybridized carbons (Fsp3) is 0.250. The van der Waals surface area contributed by atoms with Gasteiger partial charge < -0.3 is 21.2 Å². The SMILES string of the molecule is CC1CC(/C=C(\N)c2c(F)cccc2F)=C(N)C(Oc2cc[nH]c(=O)c2)C1. The van der Waals surface area contributed by atoms with E-state index >= 15 is 0 Å². The second kappa shape index (κ2) is 7.65. The molecule has 0 bridgehead atoms. The van der Waals surface area contributed by atoms with Crippen molar-refractivity contribution >= 4 is 5.70 Å². The van der Waals surface area contributed by atoms with Crippen molar-refractivity contribution < 1.29 is 13.5 Å². The zero-order valence-electron chi connectivity index (χ0n) is 14.8. The molecule has 0 aliphatic heterocycles. The highest BCUT2D eigenvalue weighted by molar-refractivity contribution is 5.66. The number of hydrogen-bond donors (Lipinski definition) is 3. The second-order valence-electron chi connectivity index (χ2n) is 6.72. The van der Waals surface area contributed by atoms with Crippen LogP contribution in [0, 0.1) is 17.6 Å². The number of hydrogen-bond acceptors (Lipinski definition) is 4. The van der Waals surface area contributed by atoms with Gasteiger partial charge in [0.25, 0.3) is 5.56 Å². The van der Waals surface area contributed by atoms with E-state index in [4.69, 9.17) is 16.2 Å². The topological polar surface area (TPSA) is 94.1 Å². The van der Waals surface area contributed by atoms with Crippen LogP contribution in [0.2, 0.25) is 0 Å². The first kappa shape index (κ1) is 18.7. The molecule has 1 aliphatic rings. The molecule has 3 rings (SSSR count). The molecule has 1 aliphatic carbocycles. The smallest absolute Gasteiger partial charge is 0.251 e. The van der Waals surface area contributed by atoms with Gasteiger partial charge in [-0.3, -0.25) is 4.79 Å². The average molecular weight is 373 g/mol. The van der Waals surface area contributed by atoms with Gasteiger partial charge in [0.1, 0.15) is 23.5 Å². The first-order valence-electron chi connectivity index (χ1n) is 8.60. The minimum absolute atomic E-state index is 0.0347. The molecule has 0 saturated heterocycles. The fourth-order valence-corrected chi connectivity index (χ4v) is 3.23. The van der Waals surface area contributed by atoms with Gasteiger partial charge in [-0.2, -0.15) is 0 Å². The van der Waals surface area contributed by atoms with Gasteiger partial charge >= 0.3 is 0 Å². The van der Waals surface area contributed by atoms with Crippen LogP contribution in [0.1, 0.15) is 25.3 Å². The average Bonchev–Trinajstić information content (AvgIpc) is 2.59. The minimum Gasteiger partial charge on any atom is -0.484 e. The lowest BCUT2D eigenvalue weighted by atomic mass is 9.85. The molecular weight excluding hydrogens is 352 g/mol. The van der Waals surface area contributed by atoms with Crippen molar-refractivity contribution in [1.82, 2.24) is 4.98 Å². The van der Waals surface area contributed by atoms with Crippen molar-refractivity contribution in [3.05, 3.63) is 81.4 Å². The summed E-state index contributed by atoms with van der Waals surface area (Å²) >= 11 is 0. The third-order valence-corrected chi connectivity index (χ3v) is 4.51. The van der Waals surface area contributed by atoms with Crippen molar-refractivity contribution in [2.24, 2.45) is 17.4 Å². The van der Waals surface area contributed by atoms with Crippen LogP contribution >= 0.6 is 0 Å². The Kier molecular flexibility index (Phi) is 5.30. The normalized spacial score (nSPS) is 20.6. The predicted octanol–water partition coefficient (Wildman–Crippen LogP) is 3.04. The predicted molar refractivity (Wildman–Crippen MR) is 99.6 cm³/mol. The quantitative estimate of drug-likeness (QED) is 0.768. The number of rotatable bonds is 4. The number of aromatic amines is 1. The van der Waals surface area contributed by atoms with Crippen molar-refractivity contribution in [2.45, 2.75) is 25.9 Å². The summed E-state index contributed by atoms with van der Waals surface area (Å²) in [6.07, 6.45) is 3.80. The highest BCUT2D eigenvalue weighted by atomic mass is 19.1. The van der Waals surface area contributed by atoms with Crippen LogP contribution < -0.4 is 21.8 Å². The van der Waals surface area contributed by atoms with Crippen molar-refractivity contribution in [3.63, 3.8) is 0 Å². The molecule has 2 atom stereocenters. The molecule has 2 unspecified atom stereocenters.